The summed E-state index contributed by atoms with van der Waals surface area (Å²) in [5.41, 5.74) is -0.321. The quantitative estimate of drug-likeness (QED) is 0.732. The molecule has 10 heteroatoms. The number of aryl methyl sites for hydroxylation is 1. The van der Waals surface area contributed by atoms with E-state index < -0.39 is 11.7 Å². The molecule has 0 spiro atoms. The Morgan fingerprint density at radius 2 is 1.77 bits per heavy atom. The van der Waals surface area contributed by atoms with Crippen LogP contribution in [0.3, 0.4) is 0 Å². The molecule has 4 rings (SSSR count). The summed E-state index contributed by atoms with van der Waals surface area (Å²) in [5, 5.41) is 4.64. The molecular weight excluding hydrogens is 413 g/mol. The van der Waals surface area contributed by atoms with Gasteiger partial charge in [-0.1, -0.05) is 18.0 Å². The van der Waals surface area contributed by atoms with Crippen LogP contribution in [-0.4, -0.2) is 62.1 Å². The van der Waals surface area contributed by atoms with Crippen LogP contribution in [0.4, 0.5) is 4.39 Å². The molecule has 160 valence electrons. The zero-order chi connectivity index (χ0) is 21.3. The molecule has 0 unspecified atom stereocenters. The van der Waals surface area contributed by atoms with Crippen molar-refractivity contribution in [1.29, 1.82) is 0 Å². The Balaban J connectivity index is 1.37. The van der Waals surface area contributed by atoms with Crippen LogP contribution >= 0.6 is 11.6 Å². The van der Waals surface area contributed by atoms with Crippen molar-refractivity contribution in [2.45, 2.75) is 38.8 Å². The van der Waals surface area contributed by atoms with Crippen molar-refractivity contribution in [1.82, 2.24) is 24.1 Å². The lowest BCUT2D eigenvalue weighted by Gasteiger charge is -2.34. The van der Waals surface area contributed by atoms with Crippen LogP contribution in [0.25, 0.3) is 0 Å². The summed E-state index contributed by atoms with van der Waals surface area (Å²) in [6.45, 7) is 1.72. The van der Waals surface area contributed by atoms with Crippen LogP contribution in [0.1, 0.15) is 35.4 Å². The van der Waals surface area contributed by atoms with Gasteiger partial charge in [-0.3, -0.25) is 14.2 Å². The van der Waals surface area contributed by atoms with E-state index in [1.807, 2.05) is 0 Å². The molecule has 0 bridgehead atoms. The fraction of sp³-hybridized carbons (Fsp3) is 0.500. The van der Waals surface area contributed by atoms with Gasteiger partial charge in [0, 0.05) is 44.2 Å². The van der Waals surface area contributed by atoms with Crippen LogP contribution in [0.5, 0.6) is 0 Å². The Bertz CT molecular complexity index is 1030. The predicted molar refractivity (Wildman–Crippen MR) is 108 cm³/mol. The average Bonchev–Trinajstić information content (AvgIpc) is 2.91. The van der Waals surface area contributed by atoms with Crippen LogP contribution in [0.15, 0.2) is 23.0 Å². The number of carbonyl (C=O) groups excluding carboxylic acids is 2. The van der Waals surface area contributed by atoms with Crippen molar-refractivity contribution in [2.24, 2.45) is 0 Å². The minimum absolute atomic E-state index is 0.0756. The van der Waals surface area contributed by atoms with Gasteiger partial charge < -0.3 is 9.80 Å². The Kier molecular flexibility index (Phi) is 5.90. The average molecular weight is 436 g/mol. The monoisotopic (exact) mass is 435 g/mol. The molecule has 2 aromatic rings. The first-order valence-corrected chi connectivity index (χ1v) is 10.5. The number of aromatic nitrogens is 3. The number of benzene rings is 1. The molecule has 1 aromatic carbocycles. The summed E-state index contributed by atoms with van der Waals surface area (Å²) in [7, 11) is 0. The van der Waals surface area contributed by atoms with Crippen LogP contribution in [0.2, 0.25) is 5.02 Å². The van der Waals surface area contributed by atoms with E-state index in [1.54, 1.807) is 9.47 Å². The van der Waals surface area contributed by atoms with E-state index in [9.17, 15) is 18.8 Å². The lowest BCUT2D eigenvalue weighted by molar-refractivity contribution is -0.133. The van der Waals surface area contributed by atoms with E-state index in [-0.39, 0.29) is 41.8 Å². The summed E-state index contributed by atoms with van der Waals surface area (Å²) < 4.78 is 16.9. The second-order valence-electron chi connectivity index (χ2n) is 7.62. The summed E-state index contributed by atoms with van der Waals surface area (Å²) >= 11 is 5.88. The third kappa shape index (κ3) is 4.12. The number of carbonyl (C=O) groups is 2. The third-order valence-corrected chi connectivity index (χ3v) is 5.88. The molecule has 2 amide bonds. The van der Waals surface area contributed by atoms with Crippen molar-refractivity contribution in [2.75, 3.05) is 26.2 Å². The Hall–Kier alpha value is -2.68. The smallest absolute Gasteiger partial charge is 0.338 e. The SMILES string of the molecule is O=C(Cn1nc2n(c1=O)CCCCC2)N1CCN(C(=O)c2cc(Cl)ccc2F)CC1. The zero-order valence-electron chi connectivity index (χ0n) is 16.5. The van der Waals surface area contributed by atoms with Gasteiger partial charge in [0.1, 0.15) is 18.2 Å². The summed E-state index contributed by atoms with van der Waals surface area (Å²) in [6, 6.07) is 3.87. The highest BCUT2D eigenvalue weighted by Crippen LogP contribution is 2.18. The number of hydrogen-bond acceptors (Lipinski definition) is 4. The molecule has 0 saturated carbocycles. The van der Waals surface area contributed by atoms with E-state index in [0.29, 0.717) is 19.6 Å². The van der Waals surface area contributed by atoms with Crippen LogP contribution in [-0.2, 0) is 24.3 Å². The third-order valence-electron chi connectivity index (χ3n) is 5.64. The minimum Gasteiger partial charge on any atom is -0.338 e. The highest BCUT2D eigenvalue weighted by atomic mass is 35.5. The van der Waals surface area contributed by atoms with Gasteiger partial charge in [-0.2, -0.15) is 5.10 Å². The fourth-order valence-electron chi connectivity index (χ4n) is 3.95. The largest absolute Gasteiger partial charge is 0.346 e. The van der Waals surface area contributed by atoms with Crippen molar-refractivity contribution < 1.29 is 14.0 Å². The second-order valence-corrected chi connectivity index (χ2v) is 8.05. The van der Waals surface area contributed by atoms with Crippen molar-refractivity contribution in [3.8, 4) is 0 Å². The van der Waals surface area contributed by atoms with Gasteiger partial charge in [-0.25, -0.2) is 13.9 Å². The normalized spacial score (nSPS) is 16.9. The highest BCUT2D eigenvalue weighted by Gasteiger charge is 2.27. The van der Waals surface area contributed by atoms with Crippen molar-refractivity contribution in [3.63, 3.8) is 0 Å². The van der Waals surface area contributed by atoms with Gasteiger partial charge in [-0.05, 0) is 31.0 Å². The van der Waals surface area contributed by atoms with E-state index in [1.165, 1.54) is 27.8 Å². The van der Waals surface area contributed by atoms with Crippen LogP contribution < -0.4 is 5.69 Å². The minimum atomic E-state index is -0.623. The van der Waals surface area contributed by atoms with Gasteiger partial charge in [0.2, 0.25) is 5.91 Å². The molecule has 1 aromatic heterocycles. The van der Waals surface area contributed by atoms with Gasteiger partial charge in [0.25, 0.3) is 5.91 Å². The predicted octanol–water partition coefficient (Wildman–Crippen LogP) is 1.55. The molecular formula is C20H23ClFN5O3. The van der Waals surface area contributed by atoms with E-state index in [4.69, 9.17) is 11.6 Å². The topological polar surface area (TPSA) is 80.4 Å². The number of nitrogens with zero attached hydrogens (tertiary/aromatic N) is 5. The summed E-state index contributed by atoms with van der Waals surface area (Å²) in [6.07, 6.45) is 3.75. The Labute approximate surface area is 177 Å². The fourth-order valence-corrected chi connectivity index (χ4v) is 4.12. The molecule has 2 aliphatic rings. The molecule has 0 N–H and O–H groups in total. The number of hydrogen-bond donors (Lipinski definition) is 0. The lowest BCUT2D eigenvalue weighted by Crippen LogP contribution is -2.51. The second kappa shape index (κ2) is 8.59. The first kappa shape index (κ1) is 20.6. The first-order valence-electron chi connectivity index (χ1n) is 10.1. The Morgan fingerprint density at radius 1 is 1.03 bits per heavy atom. The lowest BCUT2D eigenvalue weighted by atomic mass is 10.1. The molecule has 1 saturated heterocycles. The van der Waals surface area contributed by atoms with E-state index in [2.05, 4.69) is 5.10 Å². The maximum absolute atomic E-state index is 14.0. The molecule has 0 atom stereocenters. The van der Waals surface area contributed by atoms with E-state index >= 15 is 0 Å². The number of fused-ring (bicyclic) bond motifs is 1. The van der Waals surface area contributed by atoms with E-state index in [0.717, 1.165) is 31.5 Å². The number of amides is 2. The first-order chi connectivity index (χ1) is 14.4. The van der Waals surface area contributed by atoms with Crippen molar-refractivity contribution >= 4 is 23.4 Å². The molecule has 0 aliphatic carbocycles. The standard InChI is InChI=1S/C20H23ClFN5O3/c21-14-5-6-16(22)15(12-14)19(29)25-10-8-24(9-11-25)18(28)13-27-20(30)26-7-3-1-2-4-17(26)23-27/h5-6,12H,1-4,7-11,13H2. The molecule has 0 radical (unpaired) electrons. The van der Waals surface area contributed by atoms with Crippen LogP contribution in [0, 0.1) is 5.82 Å². The summed E-state index contributed by atoms with van der Waals surface area (Å²) in [4.78, 5) is 40.9. The maximum Gasteiger partial charge on any atom is 0.346 e. The maximum atomic E-state index is 14.0. The molecule has 30 heavy (non-hydrogen) atoms. The molecule has 2 aliphatic heterocycles. The highest BCUT2D eigenvalue weighted by molar-refractivity contribution is 6.31. The zero-order valence-corrected chi connectivity index (χ0v) is 17.3. The van der Waals surface area contributed by atoms with Gasteiger partial charge in [0.05, 0.1) is 5.56 Å². The number of piperazine rings is 1. The molecule has 1 fully saturated rings. The van der Waals surface area contributed by atoms with Gasteiger partial charge in [-0.15, -0.1) is 0 Å². The number of rotatable bonds is 3. The molecule has 8 nitrogen and oxygen atoms in total. The molecule has 3 heterocycles. The number of halogens is 2. The summed E-state index contributed by atoms with van der Waals surface area (Å²) in [5.74, 6) is -0.548. The van der Waals surface area contributed by atoms with Crippen molar-refractivity contribution in [3.05, 3.63) is 50.9 Å². The Morgan fingerprint density at radius 3 is 2.53 bits per heavy atom. The van der Waals surface area contributed by atoms with Gasteiger partial charge >= 0.3 is 5.69 Å². The van der Waals surface area contributed by atoms with Gasteiger partial charge in [0.15, 0.2) is 0 Å².